The van der Waals surface area contributed by atoms with Gasteiger partial charge in [0.25, 0.3) is 0 Å². The number of ether oxygens (including phenoxy) is 4. The van der Waals surface area contributed by atoms with Crippen LogP contribution in [0.15, 0.2) is 66.7 Å². The number of para-hydroxylation sites is 1. The Balaban J connectivity index is 1.22. The van der Waals surface area contributed by atoms with Crippen LogP contribution < -0.4 is 18.9 Å². The molecule has 1 saturated heterocycles. The fourth-order valence-electron chi connectivity index (χ4n) is 4.74. The highest BCUT2D eigenvalue weighted by Gasteiger charge is 2.20. The molecule has 6 nitrogen and oxygen atoms in total. The highest BCUT2D eigenvalue weighted by molar-refractivity contribution is 5.51. The topological polar surface area (TPSA) is 43.4 Å². The maximum atomic E-state index is 6.20. The van der Waals surface area contributed by atoms with E-state index >= 15 is 0 Å². The highest BCUT2D eigenvalue weighted by Crippen LogP contribution is 2.36. The molecule has 0 saturated carbocycles. The van der Waals surface area contributed by atoms with E-state index in [4.69, 9.17) is 18.9 Å². The lowest BCUT2D eigenvalue weighted by Gasteiger charge is -2.35. The van der Waals surface area contributed by atoms with Gasteiger partial charge in [0.1, 0.15) is 11.5 Å². The van der Waals surface area contributed by atoms with Gasteiger partial charge in [-0.25, -0.2) is 0 Å². The quantitative estimate of drug-likeness (QED) is 0.337. The Morgan fingerprint density at radius 2 is 1.42 bits per heavy atom. The number of methoxy groups -OCH3 is 3. The van der Waals surface area contributed by atoms with E-state index in [1.165, 1.54) is 11.1 Å². The van der Waals surface area contributed by atoms with Crippen LogP contribution >= 0.6 is 0 Å². The van der Waals surface area contributed by atoms with E-state index in [1.807, 2.05) is 12.1 Å². The van der Waals surface area contributed by atoms with Gasteiger partial charge in [0, 0.05) is 57.3 Å². The number of hydrogen-bond acceptors (Lipinski definition) is 6. The standard InChI is InChI=1S/C30H38N2O4/c1-33-27-21-26(30(35-3)29(22-27)34-2)23-32-17-15-31(16-18-32)14-9-19-36-28-13-8-7-12-25(28)20-24-10-5-4-6-11-24/h4-8,10-13,21-22H,9,14-20,23H2,1-3H3. The molecule has 0 amide bonds. The van der Waals surface area contributed by atoms with Crippen LogP contribution in [0.2, 0.25) is 0 Å². The molecule has 0 N–H and O–H groups in total. The Bertz CT molecular complexity index is 1080. The summed E-state index contributed by atoms with van der Waals surface area (Å²) in [6.45, 7) is 6.72. The summed E-state index contributed by atoms with van der Waals surface area (Å²) in [4.78, 5) is 4.99. The maximum absolute atomic E-state index is 6.20. The van der Waals surface area contributed by atoms with Gasteiger partial charge >= 0.3 is 0 Å². The molecule has 0 bridgehead atoms. The molecule has 0 spiro atoms. The fourth-order valence-corrected chi connectivity index (χ4v) is 4.74. The van der Waals surface area contributed by atoms with E-state index in [-0.39, 0.29) is 0 Å². The van der Waals surface area contributed by atoms with E-state index in [9.17, 15) is 0 Å². The molecule has 1 aliphatic rings. The van der Waals surface area contributed by atoms with Crippen molar-refractivity contribution >= 4 is 0 Å². The van der Waals surface area contributed by atoms with E-state index in [0.717, 1.165) is 81.5 Å². The van der Waals surface area contributed by atoms with Crippen molar-refractivity contribution in [3.05, 3.63) is 83.4 Å². The summed E-state index contributed by atoms with van der Waals surface area (Å²) >= 11 is 0. The van der Waals surface area contributed by atoms with E-state index in [1.54, 1.807) is 21.3 Å². The van der Waals surface area contributed by atoms with E-state index in [0.29, 0.717) is 5.75 Å². The second-order valence-corrected chi connectivity index (χ2v) is 9.11. The van der Waals surface area contributed by atoms with Crippen LogP contribution in [0.1, 0.15) is 23.1 Å². The zero-order valence-electron chi connectivity index (χ0n) is 21.7. The first-order chi connectivity index (χ1) is 17.7. The van der Waals surface area contributed by atoms with Gasteiger partial charge in [0.2, 0.25) is 0 Å². The molecule has 36 heavy (non-hydrogen) atoms. The summed E-state index contributed by atoms with van der Waals surface area (Å²) in [7, 11) is 5.02. The zero-order valence-corrected chi connectivity index (χ0v) is 21.7. The van der Waals surface area contributed by atoms with Gasteiger partial charge in [0.15, 0.2) is 11.5 Å². The molecule has 1 aliphatic heterocycles. The van der Waals surface area contributed by atoms with Crippen molar-refractivity contribution in [1.29, 1.82) is 0 Å². The van der Waals surface area contributed by atoms with Crippen LogP contribution in [0.3, 0.4) is 0 Å². The summed E-state index contributed by atoms with van der Waals surface area (Å²) in [5.74, 6) is 3.27. The number of hydrogen-bond donors (Lipinski definition) is 0. The lowest BCUT2D eigenvalue weighted by Crippen LogP contribution is -2.46. The third kappa shape index (κ3) is 6.93. The first-order valence-electron chi connectivity index (χ1n) is 12.7. The summed E-state index contributed by atoms with van der Waals surface area (Å²) in [6, 6.07) is 22.8. The second-order valence-electron chi connectivity index (χ2n) is 9.11. The van der Waals surface area contributed by atoms with Crippen LogP contribution in [-0.2, 0) is 13.0 Å². The van der Waals surface area contributed by atoms with Crippen LogP contribution in [0.5, 0.6) is 23.0 Å². The Kier molecular flexibility index (Phi) is 9.47. The molecule has 192 valence electrons. The average molecular weight is 491 g/mol. The summed E-state index contributed by atoms with van der Waals surface area (Å²) in [5.41, 5.74) is 3.63. The van der Waals surface area contributed by atoms with Crippen molar-refractivity contribution < 1.29 is 18.9 Å². The first kappa shape index (κ1) is 25.9. The summed E-state index contributed by atoms with van der Waals surface area (Å²) < 4.78 is 22.8. The number of piperazine rings is 1. The molecule has 4 rings (SSSR count). The van der Waals surface area contributed by atoms with Crippen molar-refractivity contribution in [3.8, 4) is 23.0 Å². The third-order valence-corrected chi connectivity index (χ3v) is 6.71. The monoisotopic (exact) mass is 490 g/mol. The van der Waals surface area contributed by atoms with Crippen LogP contribution in [0, 0.1) is 0 Å². The zero-order chi connectivity index (χ0) is 25.2. The van der Waals surface area contributed by atoms with Crippen molar-refractivity contribution in [1.82, 2.24) is 9.80 Å². The van der Waals surface area contributed by atoms with E-state index < -0.39 is 0 Å². The minimum atomic E-state index is 0.704. The molecule has 1 fully saturated rings. The van der Waals surface area contributed by atoms with Crippen molar-refractivity contribution in [2.75, 3.05) is 60.7 Å². The first-order valence-corrected chi connectivity index (χ1v) is 12.7. The molecule has 0 aromatic heterocycles. The number of rotatable bonds is 12. The molecular weight excluding hydrogens is 452 g/mol. The molecule has 0 radical (unpaired) electrons. The highest BCUT2D eigenvalue weighted by atomic mass is 16.5. The second kappa shape index (κ2) is 13.2. The molecule has 3 aromatic rings. The molecule has 0 atom stereocenters. The number of nitrogens with zero attached hydrogens (tertiary/aromatic N) is 2. The van der Waals surface area contributed by atoms with E-state index in [2.05, 4.69) is 64.4 Å². The van der Waals surface area contributed by atoms with Gasteiger partial charge in [-0.15, -0.1) is 0 Å². The van der Waals surface area contributed by atoms with Gasteiger partial charge in [-0.3, -0.25) is 4.90 Å². The van der Waals surface area contributed by atoms with Gasteiger partial charge in [0.05, 0.1) is 27.9 Å². The predicted molar refractivity (Wildman–Crippen MR) is 144 cm³/mol. The lowest BCUT2D eigenvalue weighted by atomic mass is 10.0. The smallest absolute Gasteiger partial charge is 0.165 e. The van der Waals surface area contributed by atoms with Crippen molar-refractivity contribution in [2.24, 2.45) is 0 Å². The largest absolute Gasteiger partial charge is 0.497 e. The Labute approximate surface area is 215 Å². The summed E-state index contributed by atoms with van der Waals surface area (Å²) in [6.07, 6.45) is 1.91. The minimum absolute atomic E-state index is 0.704. The van der Waals surface area contributed by atoms with Crippen LogP contribution in [0.4, 0.5) is 0 Å². The molecule has 0 unspecified atom stereocenters. The Hall–Kier alpha value is -3.22. The van der Waals surface area contributed by atoms with Crippen LogP contribution in [-0.4, -0.2) is 70.5 Å². The molecule has 1 heterocycles. The fraction of sp³-hybridized carbons (Fsp3) is 0.400. The summed E-state index contributed by atoms with van der Waals surface area (Å²) in [5, 5.41) is 0. The SMILES string of the molecule is COc1cc(CN2CCN(CCCOc3ccccc3Cc3ccccc3)CC2)c(OC)c(OC)c1. The molecule has 3 aromatic carbocycles. The lowest BCUT2D eigenvalue weighted by molar-refractivity contribution is 0.120. The molecule has 0 aliphatic carbocycles. The molecular formula is C30H38N2O4. The minimum Gasteiger partial charge on any atom is -0.497 e. The van der Waals surface area contributed by atoms with Gasteiger partial charge in [-0.05, 0) is 29.7 Å². The predicted octanol–water partition coefficient (Wildman–Crippen LogP) is 4.89. The van der Waals surface area contributed by atoms with Crippen molar-refractivity contribution in [2.45, 2.75) is 19.4 Å². The third-order valence-electron chi connectivity index (χ3n) is 6.71. The van der Waals surface area contributed by atoms with Crippen molar-refractivity contribution in [3.63, 3.8) is 0 Å². The normalized spacial score (nSPS) is 14.4. The maximum Gasteiger partial charge on any atom is 0.165 e. The average Bonchev–Trinajstić information content (AvgIpc) is 2.93. The Morgan fingerprint density at radius 1 is 0.694 bits per heavy atom. The van der Waals surface area contributed by atoms with Gasteiger partial charge in [-0.2, -0.15) is 0 Å². The van der Waals surface area contributed by atoms with Crippen LogP contribution in [0.25, 0.3) is 0 Å². The van der Waals surface area contributed by atoms with Gasteiger partial charge < -0.3 is 23.8 Å². The molecule has 6 heteroatoms. The van der Waals surface area contributed by atoms with Gasteiger partial charge in [-0.1, -0.05) is 48.5 Å². The Morgan fingerprint density at radius 3 is 2.14 bits per heavy atom. The number of benzene rings is 3.